The summed E-state index contributed by atoms with van der Waals surface area (Å²) in [4.78, 5) is 0.555. The molecule has 1 unspecified atom stereocenters. The molecule has 1 aliphatic rings. The van der Waals surface area contributed by atoms with E-state index in [0.29, 0.717) is 17.7 Å². The molecule has 0 aromatic heterocycles. The molecule has 0 radical (unpaired) electrons. The van der Waals surface area contributed by atoms with Crippen molar-refractivity contribution in [2.24, 2.45) is 11.8 Å². The highest BCUT2D eigenvalue weighted by Gasteiger charge is 2.43. The Kier molecular flexibility index (Phi) is 5.95. The predicted molar refractivity (Wildman–Crippen MR) is 81.6 cm³/mol. The first-order chi connectivity index (χ1) is 10.8. The number of nitrogens with one attached hydrogen (secondary N) is 1. The highest BCUT2D eigenvalue weighted by atomic mass is 32.2. The van der Waals surface area contributed by atoms with Crippen molar-refractivity contribution in [2.75, 3.05) is 0 Å². The number of aryl methyl sites for hydroxylation is 1. The van der Waals surface area contributed by atoms with Crippen LogP contribution in [0.2, 0.25) is 0 Å². The first-order valence-electron chi connectivity index (χ1n) is 7.52. The molecular formula is C16H19F3N2OS. The van der Waals surface area contributed by atoms with Gasteiger partial charge in [0.25, 0.3) is 0 Å². The van der Waals surface area contributed by atoms with Gasteiger partial charge in [0.2, 0.25) is 0 Å². The maximum absolute atomic E-state index is 12.7. The Bertz CT molecular complexity index is 548. The zero-order chi connectivity index (χ0) is 17.0. The second kappa shape index (κ2) is 7.56. The predicted octanol–water partition coefficient (Wildman–Crippen LogP) is 3.87. The fourth-order valence-electron chi connectivity index (χ4n) is 2.85. The number of nitriles is 1. The summed E-state index contributed by atoms with van der Waals surface area (Å²) in [6.45, 7) is 1.91. The van der Waals surface area contributed by atoms with Gasteiger partial charge in [-0.15, -0.1) is 4.72 Å². The van der Waals surface area contributed by atoms with Crippen molar-refractivity contribution in [3.63, 3.8) is 0 Å². The quantitative estimate of drug-likeness (QED) is 0.844. The van der Waals surface area contributed by atoms with Gasteiger partial charge < -0.3 is 4.55 Å². The molecule has 0 aliphatic heterocycles. The topological polar surface area (TPSA) is 58.9 Å². The Hall–Kier alpha value is -1.23. The minimum Gasteiger partial charge on any atom is -0.593 e. The molecule has 1 saturated carbocycles. The second-order valence-corrected chi connectivity index (χ2v) is 7.20. The Morgan fingerprint density at radius 3 is 2.26 bits per heavy atom. The smallest absolute Gasteiger partial charge is 0.391 e. The van der Waals surface area contributed by atoms with Crippen LogP contribution in [-0.2, 0) is 11.4 Å². The summed E-state index contributed by atoms with van der Waals surface area (Å²) in [5.74, 6) is -1.48. The van der Waals surface area contributed by atoms with E-state index in [0.717, 1.165) is 5.56 Å². The van der Waals surface area contributed by atoms with Crippen molar-refractivity contribution in [1.29, 1.82) is 5.26 Å². The van der Waals surface area contributed by atoms with E-state index in [2.05, 4.69) is 10.8 Å². The monoisotopic (exact) mass is 344 g/mol. The van der Waals surface area contributed by atoms with Gasteiger partial charge in [-0.25, -0.2) is 0 Å². The van der Waals surface area contributed by atoms with Crippen molar-refractivity contribution in [3.05, 3.63) is 29.8 Å². The molecule has 1 aromatic carbocycles. The zero-order valence-corrected chi connectivity index (χ0v) is 13.6. The molecule has 0 amide bonds. The van der Waals surface area contributed by atoms with E-state index in [9.17, 15) is 23.0 Å². The molecule has 7 heteroatoms. The van der Waals surface area contributed by atoms with Crippen molar-refractivity contribution >= 4 is 11.4 Å². The summed E-state index contributed by atoms with van der Waals surface area (Å²) in [5.41, 5.74) is 1.04. The number of halogens is 3. The third kappa shape index (κ3) is 4.87. The van der Waals surface area contributed by atoms with Crippen molar-refractivity contribution in [3.8, 4) is 6.07 Å². The van der Waals surface area contributed by atoms with Crippen LogP contribution in [0.5, 0.6) is 0 Å². The Labute approximate surface area is 137 Å². The van der Waals surface area contributed by atoms with Crippen LogP contribution in [0.1, 0.15) is 31.2 Å². The van der Waals surface area contributed by atoms with Crippen LogP contribution in [0, 0.1) is 30.1 Å². The van der Waals surface area contributed by atoms with Gasteiger partial charge in [-0.05, 0) is 50.7 Å². The van der Waals surface area contributed by atoms with Gasteiger partial charge in [0.15, 0.2) is 4.90 Å². The Balaban J connectivity index is 1.93. The fourth-order valence-corrected chi connectivity index (χ4v) is 3.85. The van der Waals surface area contributed by atoms with E-state index in [1.165, 1.54) is 0 Å². The van der Waals surface area contributed by atoms with E-state index in [1.807, 2.05) is 19.1 Å². The molecule has 1 aliphatic carbocycles. The molecule has 2 atom stereocenters. The van der Waals surface area contributed by atoms with E-state index < -0.39 is 29.5 Å². The summed E-state index contributed by atoms with van der Waals surface area (Å²) in [7, 11) is 0. The molecule has 2 rings (SSSR count). The standard InChI is InChI=1S/C16H19F3N2OS/c1-11-2-8-14(9-3-11)23(22)21-15(10-20)12-4-6-13(7-5-12)16(17,18)19/h2-3,8-9,12-13,15,21H,4-7H2,1H3/t12?,13?,15-,23?/m1/s1. The van der Waals surface area contributed by atoms with E-state index in [-0.39, 0.29) is 18.8 Å². The normalized spacial score (nSPS) is 24.7. The molecule has 126 valence electrons. The SMILES string of the molecule is Cc1ccc([S+]([O-])N[C@H](C#N)C2CCC(C(F)(F)F)CC2)cc1. The molecule has 3 nitrogen and oxygen atoms in total. The number of alkyl halides is 3. The zero-order valence-electron chi connectivity index (χ0n) is 12.8. The van der Waals surface area contributed by atoms with Crippen LogP contribution < -0.4 is 4.72 Å². The minimum atomic E-state index is -4.16. The molecule has 0 saturated heterocycles. The Morgan fingerprint density at radius 2 is 1.78 bits per heavy atom. The fraction of sp³-hybridized carbons (Fsp3) is 0.562. The highest BCUT2D eigenvalue weighted by Crippen LogP contribution is 2.40. The third-order valence-corrected chi connectivity index (χ3v) is 5.48. The molecule has 1 aromatic rings. The Morgan fingerprint density at radius 1 is 1.22 bits per heavy atom. The lowest BCUT2D eigenvalue weighted by atomic mass is 9.79. The molecule has 1 fully saturated rings. The van der Waals surface area contributed by atoms with E-state index in [1.54, 1.807) is 12.1 Å². The lowest BCUT2D eigenvalue weighted by Gasteiger charge is -2.32. The molecule has 1 N–H and O–H groups in total. The molecule has 0 heterocycles. The van der Waals surface area contributed by atoms with Gasteiger partial charge in [0.1, 0.15) is 6.04 Å². The van der Waals surface area contributed by atoms with E-state index >= 15 is 0 Å². The second-order valence-electron chi connectivity index (χ2n) is 5.96. The maximum atomic E-state index is 12.7. The van der Waals surface area contributed by atoms with Gasteiger partial charge >= 0.3 is 6.18 Å². The van der Waals surface area contributed by atoms with Crippen LogP contribution in [0.4, 0.5) is 13.2 Å². The summed E-state index contributed by atoms with van der Waals surface area (Å²) < 4.78 is 53.1. The van der Waals surface area contributed by atoms with Crippen molar-refractivity contribution in [2.45, 2.75) is 49.7 Å². The first-order valence-corrected chi connectivity index (χ1v) is 8.67. The van der Waals surface area contributed by atoms with Crippen LogP contribution in [0.15, 0.2) is 29.2 Å². The van der Waals surface area contributed by atoms with Crippen LogP contribution >= 0.6 is 0 Å². The average Bonchev–Trinajstić information content (AvgIpc) is 2.52. The van der Waals surface area contributed by atoms with Gasteiger partial charge in [0.05, 0.1) is 23.3 Å². The summed E-state index contributed by atoms with van der Waals surface area (Å²) in [5, 5.41) is 9.27. The van der Waals surface area contributed by atoms with E-state index in [4.69, 9.17) is 0 Å². The molecular weight excluding hydrogens is 325 g/mol. The first kappa shape index (κ1) is 18.1. The number of rotatable bonds is 4. The number of nitrogens with zero attached hydrogens (tertiary/aromatic N) is 1. The van der Waals surface area contributed by atoms with Gasteiger partial charge in [0, 0.05) is 0 Å². The molecule has 23 heavy (non-hydrogen) atoms. The van der Waals surface area contributed by atoms with Crippen LogP contribution in [0.25, 0.3) is 0 Å². The van der Waals surface area contributed by atoms with Gasteiger partial charge in [-0.1, -0.05) is 17.7 Å². The lowest BCUT2D eigenvalue weighted by Crippen LogP contribution is -2.41. The van der Waals surface area contributed by atoms with Crippen LogP contribution in [0.3, 0.4) is 0 Å². The highest BCUT2D eigenvalue weighted by molar-refractivity contribution is 7.89. The molecule has 0 spiro atoms. The van der Waals surface area contributed by atoms with Crippen molar-refractivity contribution < 1.29 is 17.7 Å². The largest absolute Gasteiger partial charge is 0.593 e. The third-order valence-electron chi connectivity index (χ3n) is 4.31. The number of hydrogen-bond donors (Lipinski definition) is 1. The van der Waals surface area contributed by atoms with Crippen LogP contribution in [-0.4, -0.2) is 16.8 Å². The summed E-state index contributed by atoms with van der Waals surface area (Å²) >= 11 is -1.54. The average molecular weight is 344 g/mol. The van der Waals surface area contributed by atoms with Gasteiger partial charge in [-0.3, -0.25) is 0 Å². The number of hydrogen-bond acceptors (Lipinski definition) is 3. The minimum absolute atomic E-state index is 0.0329. The van der Waals surface area contributed by atoms with Crippen molar-refractivity contribution in [1.82, 2.24) is 4.72 Å². The maximum Gasteiger partial charge on any atom is 0.391 e. The molecule has 0 bridgehead atoms. The summed E-state index contributed by atoms with van der Waals surface area (Å²) in [6.07, 6.45) is -3.46. The number of benzene rings is 1. The lowest BCUT2D eigenvalue weighted by molar-refractivity contribution is -0.184. The van der Waals surface area contributed by atoms with Gasteiger partial charge in [-0.2, -0.15) is 18.4 Å². The summed E-state index contributed by atoms with van der Waals surface area (Å²) in [6, 6.07) is 8.43.